The molecule has 1 aromatic rings. The highest BCUT2D eigenvalue weighted by molar-refractivity contribution is 6.12. The number of carbonyl (C=O) groups is 1. The third-order valence-corrected chi connectivity index (χ3v) is 3.84. The highest BCUT2D eigenvalue weighted by Crippen LogP contribution is 2.20. The van der Waals surface area contributed by atoms with Gasteiger partial charge in [0.25, 0.3) is 5.91 Å². The van der Waals surface area contributed by atoms with Gasteiger partial charge in [-0.05, 0) is 43.5 Å². The summed E-state index contributed by atoms with van der Waals surface area (Å²) in [6, 6.07) is 7.76. The number of hydrogen-bond acceptors (Lipinski definition) is 6. The second-order valence-electron chi connectivity index (χ2n) is 5.52. The number of primary amides is 1. The van der Waals surface area contributed by atoms with Crippen LogP contribution in [0.4, 0.5) is 11.4 Å². The monoisotopic (exact) mass is 300 g/mol. The Kier molecular flexibility index (Phi) is 3.86. The molecule has 7 heteroatoms. The van der Waals surface area contributed by atoms with Crippen LogP contribution in [0, 0.1) is 0 Å². The minimum Gasteiger partial charge on any atom is -0.399 e. The number of nitrogens with zero attached hydrogens (tertiary/aromatic N) is 1. The number of nitrogens with one attached hydrogen (secondary N) is 3. The summed E-state index contributed by atoms with van der Waals surface area (Å²) < 4.78 is 0. The van der Waals surface area contributed by atoms with Crippen molar-refractivity contribution >= 4 is 23.5 Å². The van der Waals surface area contributed by atoms with Gasteiger partial charge in [0.05, 0.1) is 5.57 Å². The average molecular weight is 300 g/mol. The van der Waals surface area contributed by atoms with Gasteiger partial charge in [-0.2, -0.15) is 0 Å². The molecule has 1 atom stereocenters. The summed E-state index contributed by atoms with van der Waals surface area (Å²) >= 11 is 0. The molecule has 1 saturated carbocycles. The van der Waals surface area contributed by atoms with Crippen LogP contribution < -0.4 is 27.4 Å². The Labute approximate surface area is 128 Å². The first-order chi connectivity index (χ1) is 10.6. The highest BCUT2D eigenvalue weighted by Gasteiger charge is 2.24. The molecular formula is C15H20N6O. The van der Waals surface area contributed by atoms with Crippen molar-refractivity contribution in [2.24, 2.45) is 10.7 Å². The number of nitrogen functional groups attached to an aromatic ring is 1. The summed E-state index contributed by atoms with van der Waals surface area (Å²) in [7, 11) is 0. The van der Waals surface area contributed by atoms with Crippen molar-refractivity contribution < 1.29 is 4.79 Å². The molecule has 0 saturated heterocycles. The van der Waals surface area contributed by atoms with Crippen LogP contribution in [0.15, 0.2) is 40.7 Å². The summed E-state index contributed by atoms with van der Waals surface area (Å²) in [4.78, 5) is 15.8. The first-order valence-corrected chi connectivity index (χ1v) is 7.34. The van der Waals surface area contributed by atoms with Crippen LogP contribution in [0.5, 0.6) is 0 Å². The van der Waals surface area contributed by atoms with Crippen LogP contribution in [0.2, 0.25) is 0 Å². The van der Waals surface area contributed by atoms with E-state index >= 15 is 0 Å². The van der Waals surface area contributed by atoms with Gasteiger partial charge in [-0.25, -0.2) is 4.99 Å². The molecule has 1 unspecified atom stereocenters. The maximum absolute atomic E-state index is 11.5. The SMILES string of the molecule is NC(=O)C1=C(NC2CCC2)NC(Nc2ccc(N)cc2)N=C1. The first kappa shape index (κ1) is 14.2. The van der Waals surface area contributed by atoms with E-state index < -0.39 is 5.91 Å². The molecule has 1 fully saturated rings. The molecule has 1 aliphatic heterocycles. The molecule has 0 aromatic heterocycles. The fourth-order valence-corrected chi connectivity index (χ4v) is 2.34. The highest BCUT2D eigenvalue weighted by atomic mass is 16.1. The van der Waals surface area contributed by atoms with Crippen LogP contribution in [0.3, 0.4) is 0 Å². The zero-order chi connectivity index (χ0) is 15.5. The lowest BCUT2D eigenvalue weighted by atomic mass is 9.93. The molecule has 0 radical (unpaired) electrons. The number of carbonyl (C=O) groups excluding carboxylic acids is 1. The predicted molar refractivity (Wildman–Crippen MR) is 86.9 cm³/mol. The second-order valence-corrected chi connectivity index (χ2v) is 5.52. The van der Waals surface area contributed by atoms with Crippen molar-refractivity contribution in [2.45, 2.75) is 31.6 Å². The molecule has 0 bridgehead atoms. The molecule has 7 N–H and O–H groups in total. The number of anilines is 2. The van der Waals surface area contributed by atoms with Crippen molar-refractivity contribution in [1.29, 1.82) is 0 Å². The molecule has 116 valence electrons. The van der Waals surface area contributed by atoms with Crippen molar-refractivity contribution in [3.05, 3.63) is 35.7 Å². The van der Waals surface area contributed by atoms with Gasteiger partial charge in [-0.3, -0.25) is 4.79 Å². The third-order valence-electron chi connectivity index (χ3n) is 3.84. The Morgan fingerprint density at radius 2 is 1.95 bits per heavy atom. The number of amides is 1. The molecular weight excluding hydrogens is 280 g/mol. The predicted octanol–water partition coefficient (Wildman–Crippen LogP) is 0.477. The lowest BCUT2D eigenvalue weighted by molar-refractivity contribution is -0.114. The third kappa shape index (κ3) is 3.13. The lowest BCUT2D eigenvalue weighted by Crippen LogP contribution is -2.48. The van der Waals surface area contributed by atoms with Gasteiger partial charge in [0.2, 0.25) is 0 Å². The van der Waals surface area contributed by atoms with Crippen molar-refractivity contribution in [2.75, 3.05) is 11.1 Å². The number of aliphatic imine (C=N–C) groups is 1. The van der Waals surface area contributed by atoms with E-state index in [-0.39, 0.29) is 6.29 Å². The minimum absolute atomic E-state index is 0.366. The van der Waals surface area contributed by atoms with Crippen LogP contribution >= 0.6 is 0 Å². The van der Waals surface area contributed by atoms with Crippen LogP contribution in [0.1, 0.15) is 19.3 Å². The normalized spacial score (nSPS) is 21.0. The molecule has 3 rings (SSSR count). The van der Waals surface area contributed by atoms with Crippen LogP contribution in [-0.4, -0.2) is 24.5 Å². The van der Waals surface area contributed by atoms with Crippen molar-refractivity contribution in [3.63, 3.8) is 0 Å². The summed E-state index contributed by atoms with van der Waals surface area (Å²) in [5, 5.41) is 9.72. The summed E-state index contributed by atoms with van der Waals surface area (Å²) in [5.74, 6) is 0.143. The molecule has 22 heavy (non-hydrogen) atoms. The number of benzene rings is 1. The van der Waals surface area contributed by atoms with Crippen LogP contribution in [0.25, 0.3) is 0 Å². The van der Waals surface area contributed by atoms with Gasteiger partial charge in [0.1, 0.15) is 5.82 Å². The van der Waals surface area contributed by atoms with E-state index in [9.17, 15) is 4.79 Å². The topological polar surface area (TPSA) is 118 Å². The summed E-state index contributed by atoms with van der Waals surface area (Å²) in [6.07, 6.45) is 4.55. The fraction of sp³-hybridized carbons (Fsp3) is 0.333. The number of rotatable bonds is 5. The standard InChI is InChI=1S/C15H20N6O/c16-9-4-6-11(7-5-9)20-15-18-8-12(13(17)22)14(21-15)19-10-2-1-3-10/h4-8,10,15,19-21H,1-3,16H2,(H2,17,22). The van der Waals surface area contributed by atoms with Gasteiger partial charge >= 0.3 is 0 Å². The van der Waals surface area contributed by atoms with E-state index in [4.69, 9.17) is 11.5 Å². The van der Waals surface area contributed by atoms with Gasteiger partial charge in [0.15, 0.2) is 6.29 Å². The summed E-state index contributed by atoms with van der Waals surface area (Å²) in [6.45, 7) is 0. The Balaban J connectivity index is 1.70. The van der Waals surface area contributed by atoms with E-state index in [0.717, 1.165) is 18.5 Å². The Morgan fingerprint density at radius 1 is 1.23 bits per heavy atom. The maximum Gasteiger partial charge on any atom is 0.253 e. The first-order valence-electron chi connectivity index (χ1n) is 7.34. The Bertz CT molecular complexity index is 617. The number of nitrogens with two attached hydrogens (primary N) is 2. The van der Waals surface area contributed by atoms with E-state index in [1.165, 1.54) is 12.6 Å². The maximum atomic E-state index is 11.5. The molecule has 1 aromatic carbocycles. The molecule has 7 nitrogen and oxygen atoms in total. The molecule has 0 spiro atoms. The Morgan fingerprint density at radius 3 is 2.55 bits per heavy atom. The molecule has 1 heterocycles. The van der Waals surface area contributed by atoms with E-state index in [0.29, 0.717) is 23.1 Å². The average Bonchev–Trinajstić information content (AvgIpc) is 2.45. The molecule has 2 aliphatic rings. The van der Waals surface area contributed by atoms with Gasteiger partial charge < -0.3 is 27.4 Å². The smallest absolute Gasteiger partial charge is 0.253 e. The minimum atomic E-state index is -0.496. The zero-order valence-corrected chi connectivity index (χ0v) is 12.2. The number of hydrogen-bond donors (Lipinski definition) is 5. The van der Waals surface area contributed by atoms with E-state index in [1.807, 2.05) is 24.3 Å². The second kappa shape index (κ2) is 5.97. The van der Waals surface area contributed by atoms with Gasteiger partial charge in [-0.15, -0.1) is 0 Å². The van der Waals surface area contributed by atoms with E-state index in [1.54, 1.807) is 0 Å². The van der Waals surface area contributed by atoms with E-state index in [2.05, 4.69) is 20.9 Å². The Hall–Kier alpha value is -2.70. The lowest BCUT2D eigenvalue weighted by Gasteiger charge is -2.32. The van der Waals surface area contributed by atoms with Crippen molar-refractivity contribution in [1.82, 2.24) is 10.6 Å². The zero-order valence-electron chi connectivity index (χ0n) is 12.2. The quantitative estimate of drug-likeness (QED) is 0.507. The molecule has 1 aliphatic carbocycles. The van der Waals surface area contributed by atoms with Crippen molar-refractivity contribution in [3.8, 4) is 0 Å². The van der Waals surface area contributed by atoms with Crippen LogP contribution in [-0.2, 0) is 4.79 Å². The fourth-order valence-electron chi connectivity index (χ4n) is 2.34. The summed E-state index contributed by atoms with van der Waals surface area (Å²) in [5.41, 5.74) is 13.0. The van der Waals surface area contributed by atoms with Gasteiger partial charge in [0, 0.05) is 23.6 Å². The largest absolute Gasteiger partial charge is 0.399 e. The molecule has 1 amide bonds. The van der Waals surface area contributed by atoms with Gasteiger partial charge in [-0.1, -0.05) is 0 Å².